The number of benzene rings is 2. The van der Waals surface area contributed by atoms with Crippen molar-refractivity contribution in [2.45, 2.75) is 13.2 Å². The molecule has 126 valence electrons. The second-order valence-electron chi connectivity index (χ2n) is 6.02. The lowest BCUT2D eigenvalue weighted by Crippen LogP contribution is -2.23. The monoisotopic (exact) mass is 341 g/mol. The van der Waals surface area contributed by atoms with Gasteiger partial charge in [0.2, 0.25) is 0 Å². The van der Waals surface area contributed by atoms with Crippen molar-refractivity contribution in [3.05, 3.63) is 83.2 Å². The van der Waals surface area contributed by atoms with Gasteiger partial charge in [0, 0.05) is 35.6 Å². The Kier molecular flexibility index (Phi) is 4.08. The van der Waals surface area contributed by atoms with Gasteiger partial charge in [-0.2, -0.15) is 5.26 Å². The molecule has 5 nitrogen and oxygen atoms in total. The molecule has 26 heavy (non-hydrogen) atoms. The summed E-state index contributed by atoms with van der Waals surface area (Å²) in [6, 6.07) is 16.6. The summed E-state index contributed by atoms with van der Waals surface area (Å²) in [6.45, 7) is 0.851. The number of amides is 1. The van der Waals surface area contributed by atoms with Crippen LogP contribution in [0.25, 0.3) is 11.1 Å². The summed E-state index contributed by atoms with van der Waals surface area (Å²) in [6.07, 6.45) is 3.56. The number of nitrogens with zero attached hydrogens (tertiary/aromatic N) is 2. The van der Waals surface area contributed by atoms with Gasteiger partial charge in [0.15, 0.2) is 0 Å². The topological polar surface area (TPSA) is 75.0 Å². The second kappa shape index (κ2) is 6.69. The Balaban J connectivity index is 1.50. The average Bonchev–Trinajstić information content (AvgIpc) is 2.71. The third-order valence-corrected chi connectivity index (χ3v) is 4.36. The molecular weight excluding hydrogens is 326 g/mol. The van der Waals surface area contributed by atoms with Gasteiger partial charge in [0.1, 0.15) is 12.4 Å². The first-order valence-electron chi connectivity index (χ1n) is 8.22. The van der Waals surface area contributed by atoms with Gasteiger partial charge in [-0.25, -0.2) is 0 Å². The Morgan fingerprint density at radius 3 is 2.81 bits per heavy atom. The quantitative estimate of drug-likeness (QED) is 0.792. The number of nitrogens with one attached hydrogen (secondary N) is 1. The van der Waals surface area contributed by atoms with Gasteiger partial charge in [-0.3, -0.25) is 9.78 Å². The molecule has 2 aromatic carbocycles. The lowest BCUT2D eigenvalue weighted by atomic mass is 9.97. The number of pyridine rings is 1. The molecule has 1 aromatic heterocycles. The maximum absolute atomic E-state index is 12.4. The van der Waals surface area contributed by atoms with Crippen LogP contribution in [0.15, 0.2) is 60.9 Å². The summed E-state index contributed by atoms with van der Waals surface area (Å²) >= 11 is 0. The Morgan fingerprint density at radius 1 is 1.15 bits per heavy atom. The summed E-state index contributed by atoms with van der Waals surface area (Å²) < 4.78 is 5.78. The van der Waals surface area contributed by atoms with Gasteiger partial charge in [-0.15, -0.1) is 0 Å². The van der Waals surface area contributed by atoms with E-state index in [0.29, 0.717) is 30.0 Å². The number of ether oxygens (including phenoxy) is 1. The molecule has 0 saturated carbocycles. The molecule has 0 aliphatic carbocycles. The van der Waals surface area contributed by atoms with Gasteiger partial charge < -0.3 is 10.1 Å². The average molecular weight is 341 g/mol. The summed E-state index contributed by atoms with van der Waals surface area (Å²) in [5.41, 5.74) is 5.19. The van der Waals surface area contributed by atoms with Crippen LogP contribution < -0.4 is 10.1 Å². The SMILES string of the molecule is N#Cc1ccc(CNC(=O)c2ccc3c(c2)OCc2cnccc2-3)cc1. The Bertz CT molecular complexity index is 1020. The fraction of sp³-hybridized carbons (Fsp3) is 0.0952. The zero-order valence-electron chi connectivity index (χ0n) is 13.9. The highest BCUT2D eigenvalue weighted by Gasteiger charge is 2.18. The van der Waals surface area contributed by atoms with E-state index < -0.39 is 0 Å². The van der Waals surface area contributed by atoms with E-state index in [9.17, 15) is 4.79 Å². The maximum atomic E-state index is 12.4. The predicted octanol–water partition coefficient (Wildman–Crippen LogP) is 3.44. The molecule has 0 unspecified atom stereocenters. The molecule has 0 spiro atoms. The van der Waals surface area contributed by atoms with E-state index >= 15 is 0 Å². The number of nitriles is 1. The molecule has 1 amide bonds. The van der Waals surface area contributed by atoms with Crippen molar-refractivity contribution in [1.29, 1.82) is 5.26 Å². The van der Waals surface area contributed by atoms with Gasteiger partial charge in [-0.1, -0.05) is 12.1 Å². The van der Waals surface area contributed by atoms with Crippen LogP contribution in [0, 0.1) is 11.3 Å². The van der Waals surface area contributed by atoms with E-state index in [4.69, 9.17) is 10.00 Å². The van der Waals surface area contributed by atoms with Gasteiger partial charge in [0.25, 0.3) is 5.91 Å². The van der Waals surface area contributed by atoms with Crippen LogP contribution in [0.2, 0.25) is 0 Å². The smallest absolute Gasteiger partial charge is 0.251 e. The van der Waals surface area contributed by atoms with Gasteiger partial charge in [-0.05, 0) is 47.5 Å². The van der Waals surface area contributed by atoms with Crippen LogP contribution >= 0.6 is 0 Å². The largest absolute Gasteiger partial charge is 0.488 e. The molecule has 1 aliphatic heterocycles. The lowest BCUT2D eigenvalue weighted by Gasteiger charge is -2.20. The first kappa shape index (κ1) is 15.9. The van der Waals surface area contributed by atoms with E-state index in [1.807, 2.05) is 24.3 Å². The van der Waals surface area contributed by atoms with E-state index in [1.165, 1.54) is 0 Å². The molecule has 4 rings (SSSR count). The summed E-state index contributed by atoms with van der Waals surface area (Å²) in [5.74, 6) is 0.538. The zero-order chi connectivity index (χ0) is 17.9. The van der Waals surface area contributed by atoms with Crippen molar-refractivity contribution in [2.75, 3.05) is 0 Å². The fourth-order valence-electron chi connectivity index (χ4n) is 2.95. The van der Waals surface area contributed by atoms with E-state index in [1.54, 1.807) is 36.7 Å². The van der Waals surface area contributed by atoms with Crippen LogP contribution in [0.4, 0.5) is 0 Å². The lowest BCUT2D eigenvalue weighted by molar-refractivity contribution is 0.0950. The molecule has 0 atom stereocenters. The highest BCUT2D eigenvalue weighted by Crippen LogP contribution is 2.37. The summed E-state index contributed by atoms with van der Waals surface area (Å²) in [5, 5.41) is 11.7. The Labute approximate surface area is 150 Å². The Hall–Kier alpha value is -3.65. The second-order valence-corrected chi connectivity index (χ2v) is 6.02. The number of aromatic nitrogens is 1. The number of fused-ring (bicyclic) bond motifs is 3. The minimum absolute atomic E-state index is 0.165. The molecule has 0 radical (unpaired) electrons. The minimum atomic E-state index is -0.165. The number of rotatable bonds is 3. The molecule has 3 aromatic rings. The van der Waals surface area contributed by atoms with Crippen molar-refractivity contribution in [1.82, 2.24) is 10.3 Å². The zero-order valence-corrected chi connectivity index (χ0v) is 13.9. The van der Waals surface area contributed by atoms with Gasteiger partial charge >= 0.3 is 0 Å². The fourth-order valence-corrected chi connectivity index (χ4v) is 2.95. The molecule has 0 bridgehead atoms. The summed E-state index contributed by atoms with van der Waals surface area (Å²) in [7, 11) is 0. The highest BCUT2D eigenvalue weighted by molar-refractivity contribution is 5.95. The van der Waals surface area contributed by atoms with E-state index in [2.05, 4.69) is 16.4 Å². The molecule has 1 aliphatic rings. The predicted molar refractivity (Wildman–Crippen MR) is 96.3 cm³/mol. The Morgan fingerprint density at radius 2 is 2.00 bits per heavy atom. The van der Waals surface area contributed by atoms with Crippen LogP contribution in [0.1, 0.15) is 27.0 Å². The first-order chi connectivity index (χ1) is 12.7. The molecular formula is C21H15N3O2. The van der Waals surface area contributed by atoms with Crippen molar-refractivity contribution in [3.8, 4) is 22.9 Å². The third-order valence-electron chi connectivity index (χ3n) is 4.36. The van der Waals surface area contributed by atoms with Crippen LogP contribution in [-0.4, -0.2) is 10.9 Å². The van der Waals surface area contributed by atoms with Crippen molar-refractivity contribution in [3.63, 3.8) is 0 Å². The highest BCUT2D eigenvalue weighted by atomic mass is 16.5. The van der Waals surface area contributed by atoms with E-state index in [0.717, 1.165) is 22.3 Å². The maximum Gasteiger partial charge on any atom is 0.251 e. The normalized spacial score (nSPS) is 11.5. The standard InChI is InChI=1S/C21H15N3O2/c22-10-14-1-3-15(4-2-14)11-24-21(25)16-5-6-19-18-7-8-23-12-17(18)13-26-20(19)9-16/h1-9,12H,11,13H2,(H,24,25). The number of carbonyl (C=O) groups is 1. The number of hydrogen-bond donors (Lipinski definition) is 1. The molecule has 1 N–H and O–H groups in total. The van der Waals surface area contributed by atoms with Crippen LogP contribution in [0.5, 0.6) is 5.75 Å². The minimum Gasteiger partial charge on any atom is -0.488 e. The molecule has 5 heteroatoms. The summed E-state index contributed by atoms with van der Waals surface area (Å²) in [4.78, 5) is 16.6. The van der Waals surface area contributed by atoms with Crippen LogP contribution in [-0.2, 0) is 13.2 Å². The van der Waals surface area contributed by atoms with Crippen LogP contribution in [0.3, 0.4) is 0 Å². The number of carbonyl (C=O) groups excluding carboxylic acids is 1. The molecule has 0 saturated heterocycles. The molecule has 0 fully saturated rings. The molecule has 2 heterocycles. The van der Waals surface area contributed by atoms with Crippen molar-refractivity contribution >= 4 is 5.91 Å². The number of hydrogen-bond acceptors (Lipinski definition) is 4. The van der Waals surface area contributed by atoms with Gasteiger partial charge in [0.05, 0.1) is 11.6 Å². The third kappa shape index (κ3) is 3.01. The van der Waals surface area contributed by atoms with Crippen molar-refractivity contribution < 1.29 is 9.53 Å². The van der Waals surface area contributed by atoms with Crippen molar-refractivity contribution in [2.24, 2.45) is 0 Å². The van der Waals surface area contributed by atoms with E-state index in [-0.39, 0.29) is 5.91 Å². The first-order valence-corrected chi connectivity index (χ1v) is 8.22.